The van der Waals surface area contributed by atoms with Gasteiger partial charge >= 0.3 is 5.97 Å². The number of amides is 1. The van der Waals surface area contributed by atoms with Crippen LogP contribution >= 0.6 is 0 Å². The minimum Gasteiger partial charge on any atom is -0.481 e. The SMILES string of the molecule is CC(C)(CCC(=O)O)c1cc2cc(NC(=O)C3(c4ccc5c(c4)OCO5)CC3)ccc2[nH]1.[HH]. The second kappa shape index (κ2) is 7.29. The molecule has 0 spiro atoms. The van der Waals surface area contributed by atoms with Crippen molar-refractivity contribution in [3.8, 4) is 11.5 Å². The number of anilines is 1. The summed E-state index contributed by atoms with van der Waals surface area (Å²) in [5, 5.41) is 13.1. The third-order valence-corrected chi connectivity index (χ3v) is 6.68. The number of ether oxygens (including phenoxy) is 2. The van der Waals surface area contributed by atoms with Crippen molar-refractivity contribution < 1.29 is 25.6 Å². The predicted octanol–water partition coefficient (Wildman–Crippen LogP) is 4.96. The van der Waals surface area contributed by atoms with Crippen LogP contribution in [0, 0.1) is 0 Å². The first-order chi connectivity index (χ1) is 15.3. The van der Waals surface area contributed by atoms with E-state index in [2.05, 4.69) is 10.3 Å². The van der Waals surface area contributed by atoms with Gasteiger partial charge in [-0.1, -0.05) is 19.9 Å². The van der Waals surface area contributed by atoms with Gasteiger partial charge in [0.1, 0.15) is 0 Å². The maximum atomic E-state index is 13.2. The number of H-pyrrole nitrogens is 1. The van der Waals surface area contributed by atoms with Crippen molar-refractivity contribution in [3.05, 3.63) is 53.7 Å². The number of carbonyl (C=O) groups is 2. The number of nitrogens with one attached hydrogen (secondary N) is 2. The molecule has 0 atom stereocenters. The smallest absolute Gasteiger partial charge is 0.303 e. The van der Waals surface area contributed by atoms with Crippen molar-refractivity contribution in [3.63, 3.8) is 0 Å². The number of aromatic amines is 1. The molecule has 5 rings (SSSR count). The molecule has 1 amide bonds. The molecule has 2 heterocycles. The second-order valence-corrected chi connectivity index (χ2v) is 9.37. The van der Waals surface area contributed by atoms with E-state index < -0.39 is 11.4 Å². The van der Waals surface area contributed by atoms with Crippen LogP contribution in [0.5, 0.6) is 11.5 Å². The normalized spacial score (nSPS) is 16.2. The Morgan fingerprint density at radius 3 is 2.66 bits per heavy atom. The molecule has 3 N–H and O–H groups in total. The van der Waals surface area contributed by atoms with Crippen molar-refractivity contribution in [2.45, 2.75) is 50.4 Å². The number of carbonyl (C=O) groups excluding carboxylic acids is 1. The molecular weight excluding hydrogens is 408 g/mol. The summed E-state index contributed by atoms with van der Waals surface area (Å²) in [7, 11) is 0. The molecule has 7 nitrogen and oxygen atoms in total. The maximum absolute atomic E-state index is 13.2. The number of rotatable bonds is 7. The lowest BCUT2D eigenvalue weighted by atomic mass is 9.84. The molecule has 1 fully saturated rings. The minimum atomic E-state index is -0.796. The Bertz CT molecular complexity index is 1230. The highest BCUT2D eigenvalue weighted by Gasteiger charge is 2.51. The Morgan fingerprint density at radius 1 is 1.12 bits per heavy atom. The molecule has 0 bridgehead atoms. The van der Waals surface area contributed by atoms with E-state index in [0.717, 1.165) is 40.7 Å². The Morgan fingerprint density at radius 2 is 1.91 bits per heavy atom. The average molecular weight is 437 g/mol. The zero-order chi connectivity index (χ0) is 22.5. The van der Waals surface area contributed by atoms with Crippen LogP contribution in [-0.4, -0.2) is 28.8 Å². The van der Waals surface area contributed by atoms with Gasteiger partial charge in [0, 0.05) is 35.5 Å². The number of fused-ring (bicyclic) bond motifs is 2. The van der Waals surface area contributed by atoms with Crippen LogP contribution in [0.3, 0.4) is 0 Å². The van der Waals surface area contributed by atoms with Crippen molar-refractivity contribution in [2.24, 2.45) is 0 Å². The number of hydrogen-bond acceptors (Lipinski definition) is 4. The summed E-state index contributed by atoms with van der Waals surface area (Å²) in [6.07, 6.45) is 2.25. The second-order valence-electron chi connectivity index (χ2n) is 9.37. The molecule has 32 heavy (non-hydrogen) atoms. The molecule has 0 radical (unpaired) electrons. The van der Waals surface area contributed by atoms with E-state index in [1.165, 1.54) is 0 Å². The first-order valence-electron chi connectivity index (χ1n) is 10.8. The van der Waals surface area contributed by atoms with Crippen LogP contribution in [0.2, 0.25) is 0 Å². The van der Waals surface area contributed by atoms with Crippen LogP contribution in [0.1, 0.15) is 52.2 Å². The van der Waals surface area contributed by atoms with Crippen molar-refractivity contribution >= 4 is 28.5 Å². The monoisotopic (exact) mass is 436 g/mol. The summed E-state index contributed by atoms with van der Waals surface area (Å²) in [4.78, 5) is 27.6. The molecule has 1 aromatic heterocycles. The first-order valence-corrected chi connectivity index (χ1v) is 10.8. The fourth-order valence-electron chi connectivity index (χ4n) is 4.35. The molecule has 2 aliphatic rings. The van der Waals surface area contributed by atoms with Gasteiger partial charge in [-0.25, -0.2) is 0 Å². The lowest BCUT2D eigenvalue weighted by molar-refractivity contribution is -0.137. The standard InChI is InChI=1S/C25H26N2O5.H2/c1-24(2,8-7-22(28)29)21-12-15-11-17(4-5-18(15)27-21)26-23(30)25(9-10-25)16-3-6-19-20(13-16)32-14-31-19;/h3-6,11-13,27H,7-10,14H2,1-2H3,(H,26,30)(H,28,29);1H. The lowest BCUT2D eigenvalue weighted by Crippen LogP contribution is -2.27. The van der Waals surface area contributed by atoms with Gasteiger partial charge in [-0.3, -0.25) is 9.59 Å². The Hall–Kier alpha value is -3.48. The van der Waals surface area contributed by atoms with Crippen LogP contribution in [0.25, 0.3) is 10.9 Å². The molecule has 3 aromatic rings. The van der Waals surface area contributed by atoms with Gasteiger partial charge in [-0.15, -0.1) is 0 Å². The van der Waals surface area contributed by atoms with Gasteiger partial charge in [0.25, 0.3) is 0 Å². The highest BCUT2D eigenvalue weighted by molar-refractivity contribution is 6.02. The number of aliphatic carboxylic acids is 1. The highest BCUT2D eigenvalue weighted by Crippen LogP contribution is 2.51. The first kappa shape index (κ1) is 20.4. The third-order valence-electron chi connectivity index (χ3n) is 6.68. The lowest BCUT2D eigenvalue weighted by Gasteiger charge is -2.22. The molecular formula is C25H28N2O5. The van der Waals surface area contributed by atoms with E-state index in [9.17, 15) is 9.59 Å². The summed E-state index contributed by atoms with van der Waals surface area (Å²) in [6.45, 7) is 4.28. The van der Waals surface area contributed by atoms with Crippen LogP contribution in [0.15, 0.2) is 42.5 Å². The fourth-order valence-corrected chi connectivity index (χ4v) is 4.35. The summed E-state index contributed by atoms with van der Waals surface area (Å²) >= 11 is 0. The van der Waals surface area contributed by atoms with Gasteiger partial charge in [0.05, 0.1) is 5.41 Å². The summed E-state index contributed by atoms with van der Waals surface area (Å²) in [6, 6.07) is 13.6. The van der Waals surface area contributed by atoms with E-state index in [1.54, 1.807) is 0 Å². The molecule has 1 saturated carbocycles. The number of carboxylic acids is 1. The van der Waals surface area contributed by atoms with Crippen molar-refractivity contribution in [1.29, 1.82) is 0 Å². The molecule has 1 aliphatic carbocycles. The fraction of sp³-hybridized carbons (Fsp3) is 0.360. The zero-order valence-corrected chi connectivity index (χ0v) is 18.2. The van der Waals surface area contributed by atoms with Crippen LogP contribution in [-0.2, 0) is 20.4 Å². The van der Waals surface area contributed by atoms with Gasteiger partial charge < -0.3 is 24.9 Å². The Kier molecular flexibility index (Phi) is 4.65. The molecule has 168 valence electrons. The molecule has 0 saturated heterocycles. The van der Waals surface area contributed by atoms with Crippen molar-refractivity contribution in [1.82, 2.24) is 4.98 Å². The van der Waals surface area contributed by atoms with Gasteiger partial charge in [-0.2, -0.15) is 0 Å². The zero-order valence-electron chi connectivity index (χ0n) is 18.2. The van der Waals surface area contributed by atoms with Gasteiger partial charge in [-0.05, 0) is 61.2 Å². The molecule has 0 unspecified atom stereocenters. The summed E-state index contributed by atoms with van der Waals surface area (Å²) in [5.41, 5.74) is 2.80. The Balaban J connectivity index is 0.00000259. The van der Waals surface area contributed by atoms with Gasteiger partial charge in [0.15, 0.2) is 11.5 Å². The quantitative estimate of drug-likeness (QED) is 0.486. The largest absolute Gasteiger partial charge is 0.481 e. The van der Waals surface area contributed by atoms with E-state index in [0.29, 0.717) is 17.9 Å². The summed E-state index contributed by atoms with van der Waals surface area (Å²) < 4.78 is 10.9. The topological polar surface area (TPSA) is 101 Å². The third kappa shape index (κ3) is 3.57. The summed E-state index contributed by atoms with van der Waals surface area (Å²) in [5.74, 6) is 0.585. The number of aromatic nitrogens is 1. The number of benzene rings is 2. The predicted molar refractivity (Wildman–Crippen MR) is 122 cm³/mol. The minimum absolute atomic E-state index is 0. The number of hydrogen-bond donors (Lipinski definition) is 3. The number of carboxylic acid groups (broad SMARTS) is 1. The van der Waals surface area contributed by atoms with Crippen molar-refractivity contribution in [2.75, 3.05) is 12.1 Å². The van der Waals surface area contributed by atoms with E-state index in [4.69, 9.17) is 14.6 Å². The highest BCUT2D eigenvalue weighted by atomic mass is 16.7. The van der Waals surface area contributed by atoms with E-state index in [-0.39, 0.29) is 26.0 Å². The maximum Gasteiger partial charge on any atom is 0.303 e. The van der Waals surface area contributed by atoms with Crippen LogP contribution < -0.4 is 14.8 Å². The molecule has 1 aliphatic heterocycles. The van der Waals surface area contributed by atoms with Crippen LogP contribution in [0.4, 0.5) is 5.69 Å². The average Bonchev–Trinajstić information content (AvgIpc) is 3.24. The van der Waals surface area contributed by atoms with E-state index >= 15 is 0 Å². The Labute approximate surface area is 187 Å². The molecule has 2 aromatic carbocycles. The van der Waals surface area contributed by atoms with Gasteiger partial charge in [0.2, 0.25) is 12.7 Å². The van der Waals surface area contributed by atoms with E-state index in [1.807, 2.05) is 56.3 Å². The molecule has 7 heteroatoms.